The first-order valence-corrected chi connectivity index (χ1v) is 4.52. The first kappa shape index (κ1) is 6.66. The lowest BCUT2D eigenvalue weighted by atomic mass is 9.93. The summed E-state index contributed by atoms with van der Waals surface area (Å²) in [4.78, 5) is 0. The van der Waals surface area contributed by atoms with Crippen LogP contribution in [0.1, 0.15) is 39.0 Å². The van der Waals surface area contributed by atoms with Crippen molar-refractivity contribution >= 4 is 0 Å². The van der Waals surface area contributed by atoms with Crippen LogP contribution in [0, 0.1) is 5.92 Å². The van der Waals surface area contributed by atoms with Crippen LogP contribution in [-0.2, 0) is 4.74 Å². The van der Waals surface area contributed by atoms with Crippen LogP contribution in [0.2, 0.25) is 0 Å². The molecule has 58 valence electrons. The number of hydrogen-bond donors (Lipinski definition) is 0. The minimum absolute atomic E-state index is 0.669. The van der Waals surface area contributed by atoms with E-state index in [1.807, 2.05) is 0 Å². The van der Waals surface area contributed by atoms with E-state index in [0.717, 1.165) is 5.92 Å². The molecule has 0 aromatic carbocycles. The van der Waals surface area contributed by atoms with Gasteiger partial charge in [-0.3, -0.25) is 0 Å². The largest absolute Gasteiger partial charge is 0.370 e. The second-order valence-corrected chi connectivity index (χ2v) is 3.83. The van der Waals surface area contributed by atoms with E-state index in [0.29, 0.717) is 12.2 Å². The molecule has 1 unspecified atom stereocenters. The molecule has 2 aliphatic rings. The quantitative estimate of drug-likeness (QED) is 0.470. The van der Waals surface area contributed by atoms with Gasteiger partial charge in [0.25, 0.3) is 0 Å². The highest BCUT2D eigenvalue weighted by Gasteiger charge is 2.38. The molecule has 0 amide bonds. The molecule has 3 atom stereocenters. The molecule has 0 N–H and O–H groups in total. The number of hydrogen-bond acceptors (Lipinski definition) is 1. The highest BCUT2D eigenvalue weighted by atomic mass is 16.6. The van der Waals surface area contributed by atoms with Crippen LogP contribution in [0.3, 0.4) is 0 Å². The van der Waals surface area contributed by atoms with Crippen LogP contribution in [0.4, 0.5) is 0 Å². The molecule has 0 radical (unpaired) electrons. The molecular weight excluding hydrogens is 124 g/mol. The Labute approximate surface area is 62.8 Å². The van der Waals surface area contributed by atoms with Crippen LogP contribution in [0.5, 0.6) is 0 Å². The normalized spacial score (nSPS) is 47.1. The van der Waals surface area contributed by atoms with Crippen molar-refractivity contribution in [2.75, 3.05) is 0 Å². The summed E-state index contributed by atoms with van der Waals surface area (Å²) in [6, 6.07) is 0. The highest BCUT2D eigenvalue weighted by molar-refractivity contribution is 4.86. The Balaban J connectivity index is 1.83. The molecule has 0 spiro atoms. The molecule has 10 heavy (non-hydrogen) atoms. The van der Waals surface area contributed by atoms with Crippen molar-refractivity contribution in [2.24, 2.45) is 5.92 Å². The predicted octanol–water partition coefficient (Wildman–Crippen LogP) is 2.35. The summed E-state index contributed by atoms with van der Waals surface area (Å²) in [5.74, 6) is 0.949. The average molecular weight is 140 g/mol. The van der Waals surface area contributed by atoms with Gasteiger partial charge in [0.15, 0.2) is 0 Å². The van der Waals surface area contributed by atoms with Crippen molar-refractivity contribution in [2.45, 2.75) is 51.2 Å². The van der Waals surface area contributed by atoms with E-state index in [1.165, 1.54) is 32.1 Å². The lowest BCUT2D eigenvalue weighted by molar-refractivity contribution is 0.356. The summed E-state index contributed by atoms with van der Waals surface area (Å²) in [7, 11) is 0. The van der Waals surface area contributed by atoms with Crippen LogP contribution >= 0.6 is 0 Å². The molecular formula is C9H16O. The Morgan fingerprint density at radius 1 is 1.00 bits per heavy atom. The van der Waals surface area contributed by atoms with Crippen LogP contribution < -0.4 is 0 Å². The fourth-order valence-electron chi connectivity index (χ4n) is 1.95. The summed E-state index contributed by atoms with van der Waals surface area (Å²) in [5.41, 5.74) is 0. The fraction of sp³-hybridized carbons (Fsp3) is 1.00. The molecule has 1 saturated heterocycles. The zero-order chi connectivity index (χ0) is 6.97. The van der Waals surface area contributed by atoms with E-state index in [9.17, 15) is 0 Å². The van der Waals surface area contributed by atoms with Gasteiger partial charge in [0.05, 0.1) is 12.2 Å². The smallest absolute Gasteiger partial charge is 0.0842 e. The molecule has 1 aliphatic heterocycles. The summed E-state index contributed by atoms with van der Waals surface area (Å²) in [6.07, 6.45) is 8.20. The van der Waals surface area contributed by atoms with Gasteiger partial charge in [-0.1, -0.05) is 19.8 Å². The molecule has 1 saturated carbocycles. The first-order chi connectivity index (χ1) is 4.86. The van der Waals surface area contributed by atoms with E-state index in [-0.39, 0.29) is 0 Å². The van der Waals surface area contributed by atoms with Gasteiger partial charge < -0.3 is 4.74 Å². The van der Waals surface area contributed by atoms with E-state index in [1.54, 1.807) is 0 Å². The van der Waals surface area contributed by atoms with Gasteiger partial charge in [-0.2, -0.15) is 0 Å². The van der Waals surface area contributed by atoms with Crippen LogP contribution in [0.25, 0.3) is 0 Å². The van der Waals surface area contributed by atoms with Gasteiger partial charge in [0.2, 0.25) is 0 Å². The molecule has 1 nitrogen and oxygen atoms in total. The maximum absolute atomic E-state index is 5.49. The van der Waals surface area contributed by atoms with Gasteiger partial charge in [-0.15, -0.1) is 0 Å². The number of fused-ring (bicyclic) bond motifs is 1. The third kappa shape index (κ3) is 1.34. The summed E-state index contributed by atoms with van der Waals surface area (Å²) in [6.45, 7) is 2.36. The van der Waals surface area contributed by atoms with E-state index < -0.39 is 0 Å². The zero-order valence-corrected chi connectivity index (χ0v) is 6.68. The molecule has 1 heteroatoms. The second kappa shape index (κ2) is 2.54. The SMILES string of the molecule is CC1CCC[C@H]2O[C@H]2CC1. The summed E-state index contributed by atoms with van der Waals surface area (Å²) >= 11 is 0. The third-order valence-corrected chi connectivity index (χ3v) is 2.82. The van der Waals surface area contributed by atoms with E-state index >= 15 is 0 Å². The van der Waals surface area contributed by atoms with Crippen molar-refractivity contribution in [3.8, 4) is 0 Å². The van der Waals surface area contributed by atoms with Crippen molar-refractivity contribution in [3.63, 3.8) is 0 Å². The summed E-state index contributed by atoms with van der Waals surface area (Å²) < 4.78 is 5.49. The number of epoxide rings is 1. The maximum Gasteiger partial charge on any atom is 0.0842 e. The number of rotatable bonds is 0. The fourth-order valence-corrected chi connectivity index (χ4v) is 1.95. The standard InChI is InChI=1S/C9H16O/c1-7-3-2-4-8-9(10-8)6-5-7/h7-9H,2-6H2,1H3/t7?,8-,9+/m1/s1. The Morgan fingerprint density at radius 2 is 1.80 bits per heavy atom. The van der Waals surface area contributed by atoms with Crippen molar-refractivity contribution in [3.05, 3.63) is 0 Å². The van der Waals surface area contributed by atoms with Gasteiger partial charge in [-0.05, 0) is 25.2 Å². The van der Waals surface area contributed by atoms with Crippen molar-refractivity contribution < 1.29 is 4.74 Å². The van der Waals surface area contributed by atoms with Crippen molar-refractivity contribution in [1.29, 1.82) is 0 Å². The average Bonchev–Trinajstić information content (AvgIpc) is 2.59. The minimum Gasteiger partial charge on any atom is -0.370 e. The zero-order valence-electron chi connectivity index (χ0n) is 6.68. The highest BCUT2D eigenvalue weighted by Crippen LogP contribution is 2.35. The topological polar surface area (TPSA) is 12.5 Å². The predicted molar refractivity (Wildman–Crippen MR) is 40.9 cm³/mol. The van der Waals surface area contributed by atoms with Gasteiger partial charge in [0.1, 0.15) is 0 Å². The van der Waals surface area contributed by atoms with Gasteiger partial charge >= 0.3 is 0 Å². The molecule has 0 aromatic rings. The number of ether oxygens (including phenoxy) is 1. The molecule has 2 fully saturated rings. The Hall–Kier alpha value is -0.0400. The lowest BCUT2D eigenvalue weighted by Crippen LogP contribution is -2.04. The van der Waals surface area contributed by atoms with Gasteiger partial charge in [-0.25, -0.2) is 0 Å². The second-order valence-electron chi connectivity index (χ2n) is 3.83. The maximum atomic E-state index is 5.49. The Bertz CT molecular complexity index is 120. The molecule has 2 rings (SSSR count). The van der Waals surface area contributed by atoms with E-state index in [2.05, 4.69) is 6.92 Å². The van der Waals surface area contributed by atoms with Crippen LogP contribution in [-0.4, -0.2) is 12.2 Å². The molecule has 1 aliphatic carbocycles. The third-order valence-electron chi connectivity index (χ3n) is 2.82. The Morgan fingerprint density at radius 3 is 2.70 bits per heavy atom. The monoisotopic (exact) mass is 140 g/mol. The first-order valence-electron chi connectivity index (χ1n) is 4.52. The Kier molecular flexibility index (Phi) is 1.69. The molecule has 1 heterocycles. The lowest BCUT2D eigenvalue weighted by Gasteiger charge is -2.11. The van der Waals surface area contributed by atoms with E-state index in [4.69, 9.17) is 4.74 Å². The summed E-state index contributed by atoms with van der Waals surface area (Å²) in [5, 5.41) is 0. The molecule has 0 aromatic heterocycles. The van der Waals surface area contributed by atoms with Gasteiger partial charge in [0, 0.05) is 0 Å². The minimum atomic E-state index is 0.669. The van der Waals surface area contributed by atoms with Crippen molar-refractivity contribution in [1.82, 2.24) is 0 Å². The molecule has 0 bridgehead atoms. The van der Waals surface area contributed by atoms with Crippen LogP contribution in [0.15, 0.2) is 0 Å².